The summed E-state index contributed by atoms with van der Waals surface area (Å²) in [4.78, 5) is 16.7. The molecule has 4 heteroatoms. The number of hydrogen-bond acceptors (Lipinski definition) is 3. The second-order valence-corrected chi connectivity index (χ2v) is 9.32. The molecular formula is C26H36N2O2. The van der Waals surface area contributed by atoms with Gasteiger partial charge in [0.25, 0.3) is 0 Å². The molecular weight excluding hydrogens is 372 g/mol. The van der Waals surface area contributed by atoms with Gasteiger partial charge in [-0.3, -0.25) is 0 Å². The summed E-state index contributed by atoms with van der Waals surface area (Å²) in [7, 11) is 1.91. The number of rotatable bonds is 4. The summed E-state index contributed by atoms with van der Waals surface area (Å²) >= 11 is 0. The van der Waals surface area contributed by atoms with Gasteiger partial charge in [-0.15, -0.1) is 0 Å². The number of allylic oxidation sites excluding steroid dienone is 4. The van der Waals surface area contributed by atoms with Gasteiger partial charge in [-0.25, -0.2) is 9.78 Å². The van der Waals surface area contributed by atoms with E-state index in [1.54, 1.807) is 12.4 Å². The maximum atomic E-state index is 12.5. The maximum Gasteiger partial charge on any atom is 0.331 e. The molecule has 0 radical (unpaired) electrons. The van der Waals surface area contributed by atoms with E-state index in [0.717, 1.165) is 37.8 Å². The Hall–Kier alpha value is -2.36. The van der Waals surface area contributed by atoms with Gasteiger partial charge < -0.3 is 9.30 Å². The number of fused-ring (bicyclic) bond motifs is 1. The van der Waals surface area contributed by atoms with E-state index < -0.39 is 0 Å². The van der Waals surface area contributed by atoms with Crippen LogP contribution in [0.4, 0.5) is 0 Å². The summed E-state index contributed by atoms with van der Waals surface area (Å²) in [6.07, 6.45) is 18.2. The first-order valence-electron chi connectivity index (χ1n) is 11.2. The van der Waals surface area contributed by atoms with E-state index >= 15 is 0 Å². The van der Waals surface area contributed by atoms with Crippen molar-refractivity contribution in [3.05, 3.63) is 60.2 Å². The van der Waals surface area contributed by atoms with Gasteiger partial charge in [0.2, 0.25) is 0 Å². The van der Waals surface area contributed by atoms with E-state index in [1.807, 2.05) is 17.8 Å². The molecule has 0 aliphatic heterocycles. The van der Waals surface area contributed by atoms with E-state index in [4.69, 9.17) is 4.74 Å². The molecule has 0 spiro atoms. The van der Waals surface area contributed by atoms with Crippen molar-refractivity contribution in [1.82, 2.24) is 9.55 Å². The van der Waals surface area contributed by atoms with Gasteiger partial charge in [0, 0.05) is 25.7 Å². The van der Waals surface area contributed by atoms with E-state index in [9.17, 15) is 4.79 Å². The number of aromatic nitrogens is 2. The van der Waals surface area contributed by atoms with Crippen molar-refractivity contribution in [2.45, 2.75) is 59.0 Å². The minimum Gasteiger partial charge on any atom is -0.459 e. The van der Waals surface area contributed by atoms with Crippen LogP contribution in [0.1, 0.15) is 58.6 Å². The summed E-state index contributed by atoms with van der Waals surface area (Å²) in [6, 6.07) is 0. The summed E-state index contributed by atoms with van der Waals surface area (Å²) in [5.41, 5.74) is 3.51. The third-order valence-corrected chi connectivity index (χ3v) is 6.63. The molecule has 0 bridgehead atoms. The lowest BCUT2D eigenvalue weighted by Crippen LogP contribution is -2.34. The zero-order valence-corrected chi connectivity index (χ0v) is 18.9. The number of ether oxygens (including phenoxy) is 1. The number of hydrogen-bond donors (Lipinski definition) is 0. The normalized spacial score (nSPS) is 28.8. The predicted molar refractivity (Wildman–Crippen MR) is 123 cm³/mol. The lowest BCUT2D eigenvalue weighted by molar-refractivity contribution is -0.143. The van der Waals surface area contributed by atoms with Gasteiger partial charge in [-0.1, -0.05) is 49.8 Å². The molecule has 2 aliphatic carbocycles. The number of carbonyl (C=O) groups excluding carboxylic acids is 1. The van der Waals surface area contributed by atoms with Crippen LogP contribution >= 0.6 is 0 Å². The molecule has 30 heavy (non-hydrogen) atoms. The van der Waals surface area contributed by atoms with Crippen LogP contribution in [-0.2, 0) is 16.6 Å². The molecule has 2 aliphatic rings. The van der Waals surface area contributed by atoms with Crippen LogP contribution < -0.4 is 0 Å². The van der Waals surface area contributed by atoms with Gasteiger partial charge in [-0.05, 0) is 62.4 Å². The molecule has 4 atom stereocenters. The molecule has 0 amide bonds. The zero-order valence-electron chi connectivity index (χ0n) is 18.9. The van der Waals surface area contributed by atoms with E-state index in [0.29, 0.717) is 23.7 Å². The predicted octanol–water partition coefficient (Wildman–Crippen LogP) is 5.89. The molecule has 1 aromatic heterocycles. The molecule has 3 rings (SSSR count). The van der Waals surface area contributed by atoms with Crippen molar-refractivity contribution in [3.63, 3.8) is 0 Å². The van der Waals surface area contributed by atoms with Gasteiger partial charge in [0.05, 0.1) is 12.0 Å². The molecule has 0 unspecified atom stereocenters. The Balaban J connectivity index is 1.76. The smallest absolute Gasteiger partial charge is 0.331 e. The monoisotopic (exact) mass is 408 g/mol. The van der Waals surface area contributed by atoms with Crippen LogP contribution in [0.15, 0.2) is 54.6 Å². The summed E-state index contributed by atoms with van der Waals surface area (Å²) in [5, 5.41) is 0. The highest BCUT2D eigenvalue weighted by molar-refractivity contribution is 5.86. The first-order chi connectivity index (χ1) is 14.3. The number of nitrogens with zero attached hydrogens (tertiary/aromatic N) is 2. The second kappa shape index (κ2) is 10.1. The second-order valence-electron chi connectivity index (χ2n) is 9.32. The lowest BCUT2D eigenvalue weighted by atomic mass is 9.64. The first kappa shape index (κ1) is 22.3. The molecule has 1 heterocycles. The van der Waals surface area contributed by atoms with Crippen LogP contribution in [0.5, 0.6) is 0 Å². The minimum atomic E-state index is -0.296. The molecule has 0 saturated carbocycles. The Morgan fingerprint density at radius 2 is 2.13 bits per heavy atom. The van der Waals surface area contributed by atoms with Crippen molar-refractivity contribution in [3.8, 4) is 0 Å². The van der Waals surface area contributed by atoms with E-state index in [1.165, 1.54) is 17.2 Å². The number of imidazole rings is 1. The highest BCUT2D eigenvalue weighted by Gasteiger charge is 2.37. The highest BCUT2D eigenvalue weighted by atomic mass is 16.5. The molecule has 0 aromatic carbocycles. The van der Waals surface area contributed by atoms with Crippen molar-refractivity contribution in [2.24, 2.45) is 30.7 Å². The van der Waals surface area contributed by atoms with Crippen LogP contribution in [0.2, 0.25) is 0 Å². The maximum absolute atomic E-state index is 12.5. The van der Waals surface area contributed by atoms with E-state index in [-0.39, 0.29) is 12.1 Å². The van der Waals surface area contributed by atoms with Crippen molar-refractivity contribution < 1.29 is 9.53 Å². The molecule has 1 aromatic rings. The Bertz CT molecular complexity index is 843. The molecule has 0 saturated heterocycles. The Kier molecular flexibility index (Phi) is 7.52. The standard InChI is InChI=1S/C26H36N2O2/c1-18(2)23-12-10-20(4)24-15-22(9-7-6-8-19(3)14-25(23)24)30-26(29)13-11-21-16-28(5)17-27-21/h6-7,10-11,13,16-18,22-25H,3,8-9,12,14-15H2,1-2,4-5H3/b7-6-,13-11+/t22-,23-,24+,25-/m1/s1. The average molecular weight is 409 g/mol. The fraction of sp³-hybridized carbons (Fsp3) is 0.538. The Morgan fingerprint density at radius 1 is 1.33 bits per heavy atom. The van der Waals surface area contributed by atoms with Crippen LogP contribution in [0.3, 0.4) is 0 Å². The third-order valence-electron chi connectivity index (χ3n) is 6.63. The van der Waals surface area contributed by atoms with Crippen molar-refractivity contribution >= 4 is 12.0 Å². The van der Waals surface area contributed by atoms with Gasteiger partial charge in [0.15, 0.2) is 0 Å². The Labute approximate surface area is 181 Å². The number of carbonyl (C=O) groups is 1. The SMILES string of the molecule is C=C1C/C=C\C[C@@H](OC(=O)/C=C/c2cn(C)cn2)C[C@H]2C(C)=CC[C@H](C(C)C)[C@H]2C1. The van der Waals surface area contributed by atoms with Gasteiger partial charge in [-0.2, -0.15) is 0 Å². The molecule has 0 N–H and O–H groups in total. The highest BCUT2D eigenvalue weighted by Crippen LogP contribution is 2.45. The van der Waals surface area contributed by atoms with Crippen LogP contribution in [0, 0.1) is 23.7 Å². The van der Waals surface area contributed by atoms with Crippen LogP contribution in [-0.4, -0.2) is 21.6 Å². The van der Waals surface area contributed by atoms with E-state index in [2.05, 4.69) is 50.6 Å². The van der Waals surface area contributed by atoms with Crippen LogP contribution in [0.25, 0.3) is 6.08 Å². The fourth-order valence-electron chi connectivity index (χ4n) is 4.97. The van der Waals surface area contributed by atoms with Gasteiger partial charge >= 0.3 is 5.97 Å². The lowest BCUT2D eigenvalue weighted by Gasteiger charge is -2.41. The largest absolute Gasteiger partial charge is 0.459 e. The molecule has 4 nitrogen and oxygen atoms in total. The van der Waals surface area contributed by atoms with Gasteiger partial charge in [0.1, 0.15) is 6.10 Å². The molecule has 162 valence electrons. The van der Waals surface area contributed by atoms with Crippen molar-refractivity contribution in [1.29, 1.82) is 0 Å². The average Bonchev–Trinajstić information content (AvgIpc) is 3.11. The Morgan fingerprint density at radius 3 is 2.83 bits per heavy atom. The summed E-state index contributed by atoms with van der Waals surface area (Å²) in [6.45, 7) is 11.3. The first-order valence-corrected chi connectivity index (χ1v) is 11.2. The summed E-state index contributed by atoms with van der Waals surface area (Å²) in [5.74, 6) is 2.00. The number of esters is 1. The summed E-state index contributed by atoms with van der Waals surface area (Å²) < 4.78 is 7.77. The molecule has 0 fully saturated rings. The minimum absolute atomic E-state index is 0.115. The van der Waals surface area contributed by atoms with Crippen molar-refractivity contribution in [2.75, 3.05) is 0 Å². The third kappa shape index (κ3) is 5.84. The zero-order chi connectivity index (χ0) is 21.7. The topological polar surface area (TPSA) is 44.1 Å². The fourth-order valence-corrected chi connectivity index (χ4v) is 4.97. The quantitative estimate of drug-likeness (QED) is 0.355. The number of aryl methyl sites for hydroxylation is 1.